The van der Waals surface area contributed by atoms with Gasteiger partial charge in [0, 0.05) is 37.8 Å². The highest BCUT2D eigenvalue weighted by Crippen LogP contribution is 2.22. The van der Waals surface area contributed by atoms with Gasteiger partial charge in [0.05, 0.1) is 0 Å². The van der Waals surface area contributed by atoms with E-state index in [1.54, 1.807) is 23.1 Å². The van der Waals surface area contributed by atoms with E-state index >= 15 is 0 Å². The lowest BCUT2D eigenvalue weighted by atomic mass is 10.1. The highest BCUT2D eigenvalue weighted by atomic mass is 32.2. The molecule has 138 valence electrons. The topological polar surface area (TPSA) is 57.7 Å². The molecule has 0 aliphatic carbocycles. The molecule has 0 bridgehead atoms. The SMILES string of the molecule is Cc1cccc(C(=O)N2CCN(S(=O)(=O)c3ccc(F)cc3F)CC2)c1. The van der Waals surface area contributed by atoms with Crippen LogP contribution >= 0.6 is 0 Å². The van der Waals surface area contributed by atoms with Crippen molar-refractivity contribution in [2.24, 2.45) is 0 Å². The van der Waals surface area contributed by atoms with Crippen molar-refractivity contribution in [2.75, 3.05) is 26.2 Å². The summed E-state index contributed by atoms with van der Waals surface area (Å²) in [7, 11) is -4.08. The lowest BCUT2D eigenvalue weighted by molar-refractivity contribution is 0.0697. The molecule has 1 amide bonds. The number of piperazine rings is 1. The number of halogens is 2. The number of carbonyl (C=O) groups excluding carboxylic acids is 1. The van der Waals surface area contributed by atoms with Gasteiger partial charge in [-0.25, -0.2) is 17.2 Å². The first-order valence-corrected chi connectivity index (χ1v) is 9.54. The van der Waals surface area contributed by atoms with Gasteiger partial charge in [-0.3, -0.25) is 4.79 Å². The van der Waals surface area contributed by atoms with Crippen molar-refractivity contribution < 1.29 is 22.0 Å². The molecule has 1 fully saturated rings. The third-order valence-electron chi connectivity index (χ3n) is 4.30. The van der Waals surface area contributed by atoms with Crippen LogP contribution in [-0.4, -0.2) is 49.7 Å². The summed E-state index contributed by atoms with van der Waals surface area (Å²) in [6, 6.07) is 9.55. The number of hydrogen-bond donors (Lipinski definition) is 0. The maximum absolute atomic E-state index is 13.9. The molecule has 1 aliphatic heterocycles. The Kier molecular flexibility index (Phi) is 5.06. The Balaban J connectivity index is 1.72. The molecule has 1 saturated heterocycles. The number of nitrogens with zero attached hydrogens (tertiary/aromatic N) is 2. The van der Waals surface area contributed by atoms with E-state index in [1.165, 1.54) is 0 Å². The van der Waals surface area contributed by atoms with E-state index in [1.807, 2.05) is 13.0 Å². The minimum absolute atomic E-state index is 0.0523. The molecule has 1 heterocycles. The summed E-state index contributed by atoms with van der Waals surface area (Å²) in [4.78, 5) is 13.5. The number of amides is 1. The van der Waals surface area contributed by atoms with Gasteiger partial charge >= 0.3 is 0 Å². The zero-order valence-electron chi connectivity index (χ0n) is 14.2. The van der Waals surface area contributed by atoms with Gasteiger partial charge in [0.15, 0.2) is 0 Å². The Morgan fingerprint density at radius 1 is 1.00 bits per heavy atom. The van der Waals surface area contributed by atoms with Crippen LogP contribution in [0.2, 0.25) is 0 Å². The fraction of sp³-hybridized carbons (Fsp3) is 0.278. The normalized spacial score (nSPS) is 15.9. The van der Waals surface area contributed by atoms with E-state index in [0.29, 0.717) is 11.6 Å². The summed E-state index contributed by atoms with van der Waals surface area (Å²) in [5.41, 5.74) is 1.51. The molecule has 0 N–H and O–H groups in total. The number of carbonyl (C=O) groups is 1. The summed E-state index contributed by atoms with van der Waals surface area (Å²) in [5, 5.41) is 0. The molecular weight excluding hydrogens is 362 g/mol. The molecule has 2 aromatic carbocycles. The Morgan fingerprint density at radius 2 is 1.69 bits per heavy atom. The van der Waals surface area contributed by atoms with Crippen LogP contribution in [0.1, 0.15) is 15.9 Å². The second-order valence-corrected chi connectivity index (χ2v) is 8.05. The molecule has 26 heavy (non-hydrogen) atoms. The van der Waals surface area contributed by atoms with Crippen LogP contribution in [0.3, 0.4) is 0 Å². The van der Waals surface area contributed by atoms with Gasteiger partial charge in [-0.2, -0.15) is 4.31 Å². The first kappa shape index (κ1) is 18.5. The molecular formula is C18H18F2N2O3S. The van der Waals surface area contributed by atoms with Crippen molar-refractivity contribution >= 4 is 15.9 Å². The minimum Gasteiger partial charge on any atom is -0.336 e. The summed E-state index contributed by atoms with van der Waals surface area (Å²) in [6.07, 6.45) is 0. The quantitative estimate of drug-likeness (QED) is 0.822. The molecule has 0 saturated carbocycles. The van der Waals surface area contributed by atoms with Crippen molar-refractivity contribution in [3.63, 3.8) is 0 Å². The van der Waals surface area contributed by atoms with Crippen molar-refractivity contribution in [2.45, 2.75) is 11.8 Å². The van der Waals surface area contributed by atoms with Crippen LogP contribution in [0.5, 0.6) is 0 Å². The predicted octanol–water partition coefficient (Wildman–Crippen LogP) is 2.42. The summed E-state index contributed by atoms with van der Waals surface area (Å²) in [6.45, 7) is 2.40. The van der Waals surface area contributed by atoms with E-state index in [-0.39, 0.29) is 32.1 Å². The Bertz CT molecular complexity index is 939. The van der Waals surface area contributed by atoms with Gasteiger partial charge in [-0.05, 0) is 31.2 Å². The maximum Gasteiger partial charge on any atom is 0.253 e. The van der Waals surface area contributed by atoms with Gasteiger partial charge in [-0.15, -0.1) is 0 Å². The number of aryl methyl sites for hydroxylation is 1. The monoisotopic (exact) mass is 380 g/mol. The first-order chi connectivity index (χ1) is 12.3. The lowest BCUT2D eigenvalue weighted by Crippen LogP contribution is -2.50. The second-order valence-electron chi connectivity index (χ2n) is 6.14. The number of rotatable bonds is 3. The third kappa shape index (κ3) is 3.61. The van der Waals surface area contributed by atoms with Crippen LogP contribution in [0.25, 0.3) is 0 Å². The fourth-order valence-electron chi connectivity index (χ4n) is 2.92. The zero-order valence-corrected chi connectivity index (χ0v) is 15.0. The highest BCUT2D eigenvalue weighted by molar-refractivity contribution is 7.89. The van der Waals surface area contributed by atoms with Gasteiger partial charge in [0.25, 0.3) is 5.91 Å². The van der Waals surface area contributed by atoms with Crippen LogP contribution in [-0.2, 0) is 10.0 Å². The lowest BCUT2D eigenvalue weighted by Gasteiger charge is -2.34. The molecule has 3 rings (SSSR count). The third-order valence-corrected chi connectivity index (χ3v) is 6.23. The van der Waals surface area contributed by atoms with Crippen LogP contribution in [0.4, 0.5) is 8.78 Å². The molecule has 5 nitrogen and oxygen atoms in total. The van der Waals surface area contributed by atoms with Gasteiger partial charge in [0.2, 0.25) is 10.0 Å². The molecule has 8 heteroatoms. The van der Waals surface area contributed by atoms with Crippen LogP contribution in [0, 0.1) is 18.6 Å². The molecule has 2 aromatic rings. The van der Waals surface area contributed by atoms with Crippen molar-refractivity contribution in [3.05, 3.63) is 65.2 Å². The second kappa shape index (κ2) is 7.13. The largest absolute Gasteiger partial charge is 0.336 e. The number of hydrogen-bond acceptors (Lipinski definition) is 3. The Hall–Kier alpha value is -2.32. The van der Waals surface area contributed by atoms with Gasteiger partial charge in [0.1, 0.15) is 16.5 Å². The highest BCUT2D eigenvalue weighted by Gasteiger charge is 2.32. The van der Waals surface area contributed by atoms with Crippen molar-refractivity contribution in [3.8, 4) is 0 Å². The van der Waals surface area contributed by atoms with E-state index in [4.69, 9.17) is 0 Å². The van der Waals surface area contributed by atoms with Gasteiger partial charge < -0.3 is 4.90 Å². The van der Waals surface area contributed by atoms with Crippen molar-refractivity contribution in [1.82, 2.24) is 9.21 Å². The van der Waals surface area contributed by atoms with Gasteiger partial charge in [-0.1, -0.05) is 17.7 Å². The first-order valence-electron chi connectivity index (χ1n) is 8.10. The van der Waals surface area contributed by atoms with Crippen molar-refractivity contribution in [1.29, 1.82) is 0 Å². The summed E-state index contributed by atoms with van der Waals surface area (Å²) < 4.78 is 53.1. The average molecular weight is 380 g/mol. The van der Waals surface area contributed by atoms with E-state index in [0.717, 1.165) is 22.0 Å². The summed E-state index contributed by atoms with van der Waals surface area (Å²) >= 11 is 0. The van der Waals surface area contributed by atoms with E-state index in [9.17, 15) is 22.0 Å². The Morgan fingerprint density at radius 3 is 2.31 bits per heavy atom. The molecule has 1 aliphatic rings. The number of benzene rings is 2. The summed E-state index contributed by atoms with van der Waals surface area (Å²) in [5.74, 6) is -2.13. The number of sulfonamides is 1. The van der Waals surface area contributed by atoms with Crippen LogP contribution < -0.4 is 0 Å². The van der Waals surface area contributed by atoms with E-state index in [2.05, 4.69) is 0 Å². The zero-order chi connectivity index (χ0) is 18.9. The standard InChI is InChI=1S/C18H18F2N2O3S/c1-13-3-2-4-14(11-13)18(23)21-7-9-22(10-8-21)26(24,25)17-6-5-15(19)12-16(17)20/h2-6,11-12H,7-10H2,1H3. The van der Waals surface area contributed by atoms with Crippen LogP contribution in [0.15, 0.2) is 47.4 Å². The molecule has 0 spiro atoms. The maximum atomic E-state index is 13.9. The molecule has 0 aromatic heterocycles. The molecule has 0 radical (unpaired) electrons. The molecule has 0 unspecified atom stereocenters. The Labute approximate surface area is 150 Å². The molecule has 0 atom stereocenters. The fourth-order valence-corrected chi connectivity index (χ4v) is 4.38. The average Bonchev–Trinajstić information content (AvgIpc) is 2.61. The van der Waals surface area contributed by atoms with E-state index < -0.39 is 26.6 Å². The predicted molar refractivity (Wildman–Crippen MR) is 92.2 cm³/mol. The smallest absolute Gasteiger partial charge is 0.253 e. The minimum atomic E-state index is -4.08.